The lowest BCUT2D eigenvalue weighted by molar-refractivity contribution is 0.381. The van der Waals surface area contributed by atoms with Crippen LogP contribution >= 0.6 is 0 Å². The highest BCUT2D eigenvalue weighted by molar-refractivity contribution is 5.32. The van der Waals surface area contributed by atoms with E-state index in [9.17, 15) is 4.39 Å². The van der Waals surface area contributed by atoms with Crippen LogP contribution in [0.25, 0.3) is 0 Å². The molecule has 0 heterocycles. The van der Waals surface area contributed by atoms with Crippen LogP contribution in [-0.4, -0.2) is 13.7 Å². The van der Waals surface area contributed by atoms with E-state index in [0.717, 1.165) is 19.3 Å². The van der Waals surface area contributed by atoms with Crippen molar-refractivity contribution in [1.29, 1.82) is 0 Å². The summed E-state index contributed by atoms with van der Waals surface area (Å²) in [4.78, 5) is 0. The van der Waals surface area contributed by atoms with Gasteiger partial charge in [-0.3, -0.25) is 0 Å². The number of nitrogens with two attached hydrogens (primary N) is 2. The monoisotopic (exact) mass is 226 g/mol. The molecule has 0 aliphatic carbocycles. The van der Waals surface area contributed by atoms with Gasteiger partial charge in [0, 0.05) is 11.6 Å². The molecule has 4 N–H and O–H groups in total. The Morgan fingerprint density at radius 1 is 1.38 bits per heavy atom. The van der Waals surface area contributed by atoms with Gasteiger partial charge < -0.3 is 16.2 Å². The summed E-state index contributed by atoms with van der Waals surface area (Å²) >= 11 is 0. The van der Waals surface area contributed by atoms with Crippen molar-refractivity contribution >= 4 is 0 Å². The zero-order valence-corrected chi connectivity index (χ0v) is 9.58. The Labute approximate surface area is 95.6 Å². The van der Waals surface area contributed by atoms with Crippen LogP contribution in [0.2, 0.25) is 0 Å². The van der Waals surface area contributed by atoms with Crippen molar-refractivity contribution in [3.05, 3.63) is 29.6 Å². The Bertz CT molecular complexity index is 331. The first-order valence-electron chi connectivity index (χ1n) is 5.48. The molecule has 0 aliphatic rings. The number of benzene rings is 1. The van der Waals surface area contributed by atoms with Crippen LogP contribution in [0.5, 0.6) is 5.75 Å². The number of hydrogen-bond acceptors (Lipinski definition) is 3. The minimum absolute atomic E-state index is 0.242. The lowest BCUT2D eigenvalue weighted by Gasteiger charge is -2.14. The van der Waals surface area contributed by atoms with Crippen molar-refractivity contribution in [3.8, 4) is 5.75 Å². The Kier molecular flexibility index (Phi) is 5.22. The van der Waals surface area contributed by atoms with Gasteiger partial charge >= 0.3 is 0 Å². The first-order valence-corrected chi connectivity index (χ1v) is 5.48. The molecule has 4 heteroatoms. The maximum Gasteiger partial charge on any atom is 0.169 e. The zero-order chi connectivity index (χ0) is 12.0. The van der Waals surface area contributed by atoms with Gasteiger partial charge in [0.15, 0.2) is 11.6 Å². The van der Waals surface area contributed by atoms with Gasteiger partial charge in [-0.1, -0.05) is 18.6 Å². The summed E-state index contributed by atoms with van der Waals surface area (Å²) < 4.78 is 18.7. The van der Waals surface area contributed by atoms with Gasteiger partial charge in [0.25, 0.3) is 0 Å². The van der Waals surface area contributed by atoms with E-state index in [1.54, 1.807) is 18.2 Å². The summed E-state index contributed by atoms with van der Waals surface area (Å²) in [6.45, 7) is 0.646. The molecule has 1 atom stereocenters. The third-order valence-corrected chi connectivity index (χ3v) is 2.58. The van der Waals surface area contributed by atoms with Gasteiger partial charge in [-0.15, -0.1) is 0 Å². The molecular weight excluding hydrogens is 207 g/mol. The zero-order valence-electron chi connectivity index (χ0n) is 9.58. The number of ether oxygens (including phenoxy) is 1. The molecule has 1 rings (SSSR count). The first kappa shape index (κ1) is 12.9. The molecule has 16 heavy (non-hydrogen) atoms. The second-order valence-corrected chi connectivity index (χ2v) is 3.75. The maximum atomic E-state index is 13.8. The normalized spacial score (nSPS) is 12.5. The Morgan fingerprint density at radius 3 is 2.75 bits per heavy atom. The third-order valence-electron chi connectivity index (χ3n) is 2.58. The lowest BCUT2D eigenvalue weighted by Crippen LogP contribution is -2.13. The molecule has 0 saturated heterocycles. The van der Waals surface area contributed by atoms with Crippen molar-refractivity contribution in [3.63, 3.8) is 0 Å². The number of unbranched alkanes of at least 4 members (excludes halogenated alkanes) is 1. The van der Waals surface area contributed by atoms with Gasteiger partial charge in [-0.2, -0.15) is 0 Å². The first-order chi connectivity index (χ1) is 7.70. The smallest absolute Gasteiger partial charge is 0.169 e. The fraction of sp³-hybridized carbons (Fsp3) is 0.500. The van der Waals surface area contributed by atoms with Gasteiger partial charge in [0.2, 0.25) is 0 Å². The molecule has 0 spiro atoms. The van der Waals surface area contributed by atoms with Gasteiger partial charge in [-0.25, -0.2) is 4.39 Å². The summed E-state index contributed by atoms with van der Waals surface area (Å²) in [7, 11) is 1.45. The van der Waals surface area contributed by atoms with Crippen LogP contribution in [0.1, 0.15) is 30.9 Å². The average Bonchev–Trinajstić information content (AvgIpc) is 2.29. The Hall–Kier alpha value is -1.13. The fourth-order valence-corrected chi connectivity index (χ4v) is 1.64. The minimum atomic E-state index is -0.356. The molecule has 0 aliphatic heterocycles. The summed E-state index contributed by atoms with van der Waals surface area (Å²) in [5.41, 5.74) is 11.8. The van der Waals surface area contributed by atoms with Gasteiger partial charge in [0.05, 0.1) is 7.11 Å². The molecule has 0 bridgehead atoms. The van der Waals surface area contributed by atoms with E-state index in [-0.39, 0.29) is 17.6 Å². The summed E-state index contributed by atoms with van der Waals surface area (Å²) in [5.74, 6) is -0.114. The number of hydrogen-bond donors (Lipinski definition) is 2. The Balaban J connectivity index is 2.71. The van der Waals surface area contributed by atoms with E-state index >= 15 is 0 Å². The molecule has 0 aromatic heterocycles. The highest BCUT2D eigenvalue weighted by Crippen LogP contribution is 2.26. The lowest BCUT2D eigenvalue weighted by atomic mass is 10.0. The van der Waals surface area contributed by atoms with E-state index in [0.29, 0.717) is 12.1 Å². The summed E-state index contributed by atoms with van der Waals surface area (Å²) in [6, 6.07) is 4.75. The van der Waals surface area contributed by atoms with Crippen LogP contribution < -0.4 is 16.2 Å². The van der Waals surface area contributed by atoms with E-state index in [1.165, 1.54) is 7.11 Å². The summed E-state index contributed by atoms with van der Waals surface area (Å²) in [5, 5.41) is 0. The van der Waals surface area contributed by atoms with Crippen molar-refractivity contribution < 1.29 is 9.13 Å². The molecule has 0 fully saturated rings. The average molecular weight is 226 g/mol. The van der Waals surface area contributed by atoms with Crippen LogP contribution in [-0.2, 0) is 0 Å². The number of rotatable bonds is 6. The largest absolute Gasteiger partial charge is 0.494 e. The van der Waals surface area contributed by atoms with Gasteiger partial charge in [0.1, 0.15) is 0 Å². The molecule has 0 amide bonds. The Morgan fingerprint density at radius 2 is 2.12 bits per heavy atom. The van der Waals surface area contributed by atoms with Crippen molar-refractivity contribution in [2.45, 2.75) is 25.3 Å². The molecule has 90 valence electrons. The second-order valence-electron chi connectivity index (χ2n) is 3.75. The predicted molar refractivity (Wildman–Crippen MR) is 62.8 cm³/mol. The van der Waals surface area contributed by atoms with Crippen molar-refractivity contribution in [2.75, 3.05) is 13.7 Å². The topological polar surface area (TPSA) is 61.3 Å². The molecule has 0 saturated carbocycles. The number of methoxy groups -OCH3 is 1. The van der Waals surface area contributed by atoms with E-state index in [4.69, 9.17) is 16.2 Å². The maximum absolute atomic E-state index is 13.8. The van der Waals surface area contributed by atoms with E-state index in [2.05, 4.69) is 0 Å². The fourth-order valence-electron chi connectivity index (χ4n) is 1.64. The van der Waals surface area contributed by atoms with Gasteiger partial charge in [-0.05, 0) is 25.5 Å². The second kappa shape index (κ2) is 6.45. The standard InChI is InChI=1S/C12H19FN2O/c1-16-11-7-4-5-9(12(11)13)10(15)6-2-3-8-14/h4-5,7,10H,2-3,6,8,14-15H2,1H3/t10-/m0/s1. The minimum Gasteiger partial charge on any atom is -0.494 e. The highest BCUT2D eigenvalue weighted by Gasteiger charge is 2.14. The van der Waals surface area contributed by atoms with Crippen molar-refractivity contribution in [2.24, 2.45) is 11.5 Å². The van der Waals surface area contributed by atoms with Crippen molar-refractivity contribution in [1.82, 2.24) is 0 Å². The van der Waals surface area contributed by atoms with E-state index in [1.807, 2.05) is 0 Å². The molecule has 3 nitrogen and oxygen atoms in total. The summed E-state index contributed by atoms with van der Waals surface area (Å²) in [6.07, 6.45) is 2.56. The third kappa shape index (κ3) is 3.18. The highest BCUT2D eigenvalue weighted by atomic mass is 19.1. The van der Waals surface area contributed by atoms with Crippen LogP contribution in [0.15, 0.2) is 18.2 Å². The molecule has 1 aromatic carbocycles. The molecule has 0 unspecified atom stereocenters. The van der Waals surface area contributed by atoms with E-state index < -0.39 is 0 Å². The van der Waals surface area contributed by atoms with Crippen LogP contribution in [0, 0.1) is 5.82 Å². The predicted octanol–water partition coefficient (Wildman–Crippen LogP) is 1.96. The molecule has 0 radical (unpaired) electrons. The van der Waals surface area contributed by atoms with Crippen LogP contribution in [0.4, 0.5) is 4.39 Å². The number of halogens is 1. The quantitative estimate of drug-likeness (QED) is 0.729. The van der Waals surface area contributed by atoms with Crippen LogP contribution in [0.3, 0.4) is 0 Å². The molecular formula is C12H19FN2O. The molecule has 1 aromatic rings. The SMILES string of the molecule is COc1cccc([C@@H](N)CCCCN)c1F.